The van der Waals surface area contributed by atoms with Crippen molar-refractivity contribution in [1.29, 1.82) is 0 Å². The van der Waals surface area contributed by atoms with Crippen LogP contribution in [0, 0.1) is 0 Å². The van der Waals surface area contributed by atoms with Crippen molar-refractivity contribution in [1.82, 2.24) is 0 Å². The van der Waals surface area contributed by atoms with Crippen molar-refractivity contribution < 1.29 is 34.3 Å². The van der Waals surface area contributed by atoms with Gasteiger partial charge in [0.25, 0.3) is 0 Å². The van der Waals surface area contributed by atoms with Gasteiger partial charge < -0.3 is 0 Å². The molecule has 0 nitrogen and oxygen atoms in total. The van der Waals surface area contributed by atoms with E-state index in [1.165, 1.54) is 0 Å². The second kappa shape index (κ2) is 9.05. The molecule has 0 saturated heterocycles. The molecule has 0 bridgehead atoms. The summed E-state index contributed by atoms with van der Waals surface area (Å²) >= 11 is 5.98. The van der Waals surface area contributed by atoms with Gasteiger partial charge in [-0.1, -0.05) is 0 Å². The van der Waals surface area contributed by atoms with E-state index in [0.717, 1.165) is 0 Å². The van der Waals surface area contributed by atoms with Crippen LogP contribution < -0.4 is 0 Å². The average Bonchev–Trinajstić information content (AvgIpc) is 0.918. The Balaban J connectivity index is 0. The zero-order valence-electron chi connectivity index (χ0n) is 1.63. The van der Waals surface area contributed by atoms with Crippen molar-refractivity contribution in [3.8, 4) is 0 Å². The summed E-state index contributed by atoms with van der Waals surface area (Å²) in [6.07, 6.45) is 0. The van der Waals surface area contributed by atoms with E-state index in [1.807, 2.05) is 0 Å². The minimum atomic E-state index is 0. The van der Waals surface area contributed by atoms with E-state index in [1.54, 1.807) is 0 Å². The van der Waals surface area contributed by atoms with E-state index in [-0.39, 0.29) is 34.3 Å². The van der Waals surface area contributed by atoms with Gasteiger partial charge in [0, 0.05) is 21.1 Å². The fraction of sp³-hybridized carbons (Fsp3) is 0. The number of hydrogen-bond donors (Lipinski definition) is 0. The third kappa shape index (κ3) is 8.83. The predicted molar refractivity (Wildman–Crippen MR) is 11.5 cm³/mol. The zero-order chi connectivity index (χ0) is 2.71. The molecule has 4 heavy (non-hydrogen) atoms. The van der Waals surface area contributed by atoms with Crippen molar-refractivity contribution in [2.75, 3.05) is 0 Å². The molecule has 24 valence electrons. The van der Waals surface area contributed by atoms with Gasteiger partial charge in [0.1, 0.15) is 0 Å². The van der Waals surface area contributed by atoms with Gasteiger partial charge in [0.05, 0.1) is 0 Å². The average molecular weight is 350 g/mol. The van der Waals surface area contributed by atoms with E-state index in [4.69, 9.17) is 0 Å². The standard InChI is InChI=1S/2Mo.2Se. The third-order valence-corrected chi connectivity index (χ3v) is 0. The van der Waals surface area contributed by atoms with Crippen LogP contribution >= 0.6 is 0 Å². The fourth-order valence-electron chi connectivity index (χ4n) is 0. The minimum absolute atomic E-state index is 0. The molecule has 0 saturated carbocycles. The molecule has 0 aliphatic heterocycles. The summed E-state index contributed by atoms with van der Waals surface area (Å²) in [5.41, 5.74) is 0. The summed E-state index contributed by atoms with van der Waals surface area (Å²) in [5.74, 6) is 0. The summed E-state index contributed by atoms with van der Waals surface area (Å²) in [7, 11) is 0. The Kier molecular flexibility index (Phi) is 21.8. The molecule has 0 heterocycles. The zero-order valence-corrected chi connectivity index (χ0v) is 9.07. The first-order valence-electron chi connectivity index (χ1n) is 0.333. The second-order valence-electron chi connectivity index (χ2n) is 0.0680. The van der Waals surface area contributed by atoms with Crippen molar-refractivity contribution in [2.45, 2.75) is 0 Å². The maximum atomic E-state index is 2.88. The van der Waals surface area contributed by atoms with Crippen LogP contribution in [0.15, 0.2) is 0 Å². The van der Waals surface area contributed by atoms with E-state index >= 15 is 0 Å². The molecule has 0 spiro atoms. The van der Waals surface area contributed by atoms with Gasteiger partial charge in [-0.25, -0.2) is 0 Å². The molecule has 0 rings (SSSR count). The Morgan fingerprint density at radius 2 is 1.25 bits per heavy atom. The quantitative estimate of drug-likeness (QED) is 0.504. The van der Waals surface area contributed by atoms with Crippen molar-refractivity contribution >= 4 is 25.6 Å². The number of rotatable bonds is 0. The summed E-state index contributed by atoms with van der Waals surface area (Å²) in [6.45, 7) is 0. The van der Waals surface area contributed by atoms with Crippen LogP contribution in [0.4, 0.5) is 0 Å². The van der Waals surface area contributed by atoms with Gasteiger partial charge in [0.15, 0.2) is 0 Å². The van der Waals surface area contributed by atoms with Crippen molar-refractivity contribution in [3.63, 3.8) is 0 Å². The van der Waals surface area contributed by atoms with Crippen molar-refractivity contribution in [3.05, 3.63) is 0 Å². The maximum absolute atomic E-state index is 2.88. The van der Waals surface area contributed by atoms with Gasteiger partial charge >= 0.3 is 38.9 Å². The summed E-state index contributed by atoms with van der Waals surface area (Å²) in [4.78, 5) is 0. The van der Waals surface area contributed by atoms with E-state index in [0.29, 0.717) is 0 Å². The van der Waals surface area contributed by atoms with Crippen LogP contribution in [0.2, 0.25) is 0 Å². The molecule has 0 aromatic heterocycles. The van der Waals surface area contributed by atoms with Crippen LogP contribution in [-0.2, 0) is 34.3 Å². The molecule has 0 amide bonds. The Hall–Kier alpha value is 2.42. The second-order valence-corrected chi connectivity index (χ2v) is 10.9. The van der Waals surface area contributed by atoms with Gasteiger partial charge in [0.2, 0.25) is 0 Å². The monoisotopic (exact) mass is 356 g/mol. The Morgan fingerprint density at radius 3 is 1.25 bits per heavy atom. The Bertz CT molecular complexity index is 25.0. The van der Waals surface area contributed by atoms with Gasteiger partial charge in [-0.2, -0.15) is 0 Å². The predicted octanol–water partition coefficient (Wildman–Crippen LogP) is -0.767. The van der Waals surface area contributed by atoms with Crippen LogP contribution in [0.5, 0.6) is 0 Å². The Morgan fingerprint density at radius 1 is 1.25 bits per heavy atom. The molecule has 0 radical (unpaired) electrons. The number of hydrogen-bond acceptors (Lipinski definition) is 0. The summed E-state index contributed by atoms with van der Waals surface area (Å²) < 4.78 is 0. The van der Waals surface area contributed by atoms with Gasteiger partial charge in [-0.15, -0.1) is 0 Å². The van der Waals surface area contributed by atoms with Crippen LogP contribution in [0.3, 0.4) is 0 Å². The molecule has 0 fully saturated rings. The van der Waals surface area contributed by atoms with E-state index < -0.39 is 0 Å². The van der Waals surface area contributed by atoms with Gasteiger partial charge in [-0.05, 0) is 0 Å². The molecule has 0 N–H and O–H groups in total. The first-order valence-corrected chi connectivity index (χ1v) is 10.2. The molecule has 0 aromatic rings. The molecular weight excluding hydrogens is 350 g/mol. The summed E-state index contributed by atoms with van der Waals surface area (Å²) in [6, 6.07) is 0. The molecule has 0 atom stereocenters. The first kappa shape index (κ1) is 9.65. The molecule has 0 aromatic carbocycles. The SMILES string of the molecule is [Mo].[Se]=[Mo]=[Se]. The normalized spacial score (nSPS) is 3.00. The van der Waals surface area contributed by atoms with Crippen molar-refractivity contribution in [2.24, 2.45) is 0 Å². The molecule has 4 heteroatoms. The molecule has 0 aliphatic rings. The molecule has 0 aliphatic carbocycles. The first-order chi connectivity index (χ1) is 1.41. The molecular formula is Mo2Se2. The van der Waals surface area contributed by atoms with Gasteiger partial charge in [-0.3, -0.25) is 0 Å². The topological polar surface area (TPSA) is 0 Å². The summed E-state index contributed by atoms with van der Waals surface area (Å²) in [5, 5.41) is 0. The Labute approximate surface area is 59.0 Å². The third-order valence-electron chi connectivity index (χ3n) is 0. The fourth-order valence-corrected chi connectivity index (χ4v) is 0. The van der Waals surface area contributed by atoms with Crippen LogP contribution in [0.1, 0.15) is 0 Å². The van der Waals surface area contributed by atoms with Crippen LogP contribution in [-0.4, -0.2) is 25.6 Å². The van der Waals surface area contributed by atoms with Crippen LogP contribution in [0.25, 0.3) is 0 Å². The van der Waals surface area contributed by atoms with E-state index in [2.05, 4.69) is 25.6 Å². The molecule has 0 unspecified atom stereocenters. The van der Waals surface area contributed by atoms with E-state index in [9.17, 15) is 0 Å².